The summed E-state index contributed by atoms with van der Waals surface area (Å²) in [5, 5.41) is 5.35. The van der Waals surface area contributed by atoms with Gasteiger partial charge in [0.2, 0.25) is 11.8 Å². The molecule has 0 bridgehead atoms. The molecular weight excluding hydrogens is 446 g/mol. The Balaban J connectivity index is 1.79. The van der Waals surface area contributed by atoms with Crippen LogP contribution in [0.5, 0.6) is 0 Å². The third-order valence-corrected chi connectivity index (χ3v) is 5.45. The molecular formula is C22H25N5O7. The fourth-order valence-electron chi connectivity index (χ4n) is 3.83. The number of aldehydes is 1. The van der Waals surface area contributed by atoms with Crippen LogP contribution in [0, 0.1) is 0 Å². The van der Waals surface area contributed by atoms with Gasteiger partial charge in [-0.25, -0.2) is 19.8 Å². The van der Waals surface area contributed by atoms with Gasteiger partial charge in [0.25, 0.3) is 5.78 Å². The van der Waals surface area contributed by atoms with E-state index in [1.54, 1.807) is 18.2 Å². The number of urea groups is 1. The molecule has 12 nitrogen and oxygen atoms in total. The molecule has 0 spiro atoms. The highest BCUT2D eigenvalue weighted by Gasteiger charge is 2.44. The molecule has 180 valence electrons. The number of ketones is 2. The first-order valence-electron chi connectivity index (χ1n) is 10.8. The summed E-state index contributed by atoms with van der Waals surface area (Å²) in [5.74, 6) is -3.39. The average Bonchev–Trinajstić information content (AvgIpc) is 2.95. The van der Waals surface area contributed by atoms with Crippen molar-refractivity contribution in [2.24, 2.45) is 0 Å². The van der Waals surface area contributed by atoms with E-state index in [0.717, 1.165) is 15.0 Å². The van der Waals surface area contributed by atoms with Crippen molar-refractivity contribution in [2.75, 3.05) is 13.1 Å². The molecule has 12 heteroatoms. The SMILES string of the molecule is CC(=O)CC(C=O)NC(=O)C1CCCN2C(=O)CCN(NC(=O)C(=O)c3ccccc3)C(=O)N12. The van der Waals surface area contributed by atoms with Crippen LogP contribution < -0.4 is 10.7 Å². The Hall–Kier alpha value is -4.09. The number of fused-ring (bicyclic) bond motifs is 1. The molecule has 2 atom stereocenters. The Morgan fingerprint density at radius 2 is 1.82 bits per heavy atom. The van der Waals surface area contributed by atoms with Crippen molar-refractivity contribution in [3.05, 3.63) is 35.9 Å². The molecule has 2 fully saturated rings. The number of rotatable bonds is 8. The lowest BCUT2D eigenvalue weighted by atomic mass is 10.1. The number of hydrogen-bond acceptors (Lipinski definition) is 7. The number of hydrazine groups is 2. The minimum Gasteiger partial charge on any atom is -0.344 e. The van der Waals surface area contributed by atoms with Crippen LogP contribution in [-0.2, 0) is 24.0 Å². The van der Waals surface area contributed by atoms with Crippen LogP contribution >= 0.6 is 0 Å². The topological polar surface area (TPSA) is 153 Å². The minimum absolute atomic E-state index is 0.126. The Morgan fingerprint density at radius 1 is 1.12 bits per heavy atom. The Kier molecular flexibility index (Phi) is 7.71. The molecule has 2 saturated heterocycles. The van der Waals surface area contributed by atoms with E-state index in [1.165, 1.54) is 19.1 Å². The van der Waals surface area contributed by atoms with Gasteiger partial charge in [0.15, 0.2) is 0 Å². The Bertz CT molecular complexity index is 1010. The molecule has 3 rings (SSSR count). The molecule has 0 radical (unpaired) electrons. The highest BCUT2D eigenvalue weighted by Crippen LogP contribution is 2.23. The van der Waals surface area contributed by atoms with E-state index in [2.05, 4.69) is 10.7 Å². The van der Waals surface area contributed by atoms with Crippen LogP contribution in [0.4, 0.5) is 4.79 Å². The van der Waals surface area contributed by atoms with Gasteiger partial charge in [-0.3, -0.25) is 29.4 Å². The van der Waals surface area contributed by atoms with Crippen LogP contribution in [0.3, 0.4) is 0 Å². The maximum atomic E-state index is 13.3. The maximum Gasteiger partial charge on any atom is 0.358 e. The summed E-state index contributed by atoms with van der Waals surface area (Å²) >= 11 is 0. The largest absolute Gasteiger partial charge is 0.358 e. The normalized spacial score (nSPS) is 19.0. The zero-order chi connectivity index (χ0) is 24.8. The van der Waals surface area contributed by atoms with Gasteiger partial charge in [0.05, 0.1) is 12.6 Å². The first-order valence-corrected chi connectivity index (χ1v) is 10.8. The number of Topliss-reactive ketones (excluding diaryl/α,β-unsaturated/α-hetero) is 2. The lowest BCUT2D eigenvalue weighted by molar-refractivity contribution is -0.155. The summed E-state index contributed by atoms with van der Waals surface area (Å²) < 4.78 is 0. The summed E-state index contributed by atoms with van der Waals surface area (Å²) in [6, 6.07) is 4.67. The number of nitrogens with one attached hydrogen (secondary N) is 2. The fraction of sp³-hybridized carbons (Fsp3) is 0.409. The van der Waals surface area contributed by atoms with Crippen molar-refractivity contribution in [1.82, 2.24) is 25.8 Å². The van der Waals surface area contributed by atoms with E-state index < -0.39 is 41.6 Å². The molecule has 2 N–H and O–H groups in total. The van der Waals surface area contributed by atoms with Crippen LogP contribution in [-0.4, -0.2) is 81.8 Å². The van der Waals surface area contributed by atoms with E-state index in [4.69, 9.17) is 0 Å². The molecule has 0 aromatic heterocycles. The second-order valence-corrected chi connectivity index (χ2v) is 8.00. The highest BCUT2D eigenvalue weighted by molar-refractivity contribution is 6.42. The van der Waals surface area contributed by atoms with Crippen molar-refractivity contribution < 1.29 is 33.6 Å². The first kappa shape index (κ1) is 24.6. The monoisotopic (exact) mass is 471 g/mol. The summed E-state index contributed by atoms with van der Waals surface area (Å²) in [5.41, 5.74) is 2.37. The Labute approximate surface area is 195 Å². The van der Waals surface area contributed by atoms with Crippen molar-refractivity contribution in [1.29, 1.82) is 0 Å². The molecule has 5 amide bonds. The van der Waals surface area contributed by atoms with Gasteiger partial charge in [-0.1, -0.05) is 30.3 Å². The van der Waals surface area contributed by atoms with E-state index >= 15 is 0 Å². The third-order valence-electron chi connectivity index (χ3n) is 5.45. The minimum atomic E-state index is -1.15. The smallest absolute Gasteiger partial charge is 0.344 e. The van der Waals surface area contributed by atoms with Crippen LogP contribution in [0.2, 0.25) is 0 Å². The van der Waals surface area contributed by atoms with E-state index in [9.17, 15) is 33.6 Å². The lowest BCUT2D eigenvalue weighted by Gasteiger charge is -2.42. The van der Waals surface area contributed by atoms with Crippen molar-refractivity contribution >= 4 is 41.6 Å². The van der Waals surface area contributed by atoms with Gasteiger partial charge in [0.1, 0.15) is 18.1 Å². The highest BCUT2D eigenvalue weighted by atomic mass is 16.2. The number of nitrogens with zero attached hydrogens (tertiary/aromatic N) is 3. The second-order valence-electron chi connectivity index (χ2n) is 8.00. The quantitative estimate of drug-likeness (QED) is 0.297. The van der Waals surface area contributed by atoms with Crippen LogP contribution in [0.1, 0.15) is 43.0 Å². The van der Waals surface area contributed by atoms with Crippen LogP contribution in [0.25, 0.3) is 0 Å². The van der Waals surface area contributed by atoms with Crippen molar-refractivity contribution in [3.8, 4) is 0 Å². The van der Waals surface area contributed by atoms with E-state index in [0.29, 0.717) is 12.7 Å². The van der Waals surface area contributed by atoms with Crippen molar-refractivity contribution in [2.45, 2.75) is 44.7 Å². The number of carbonyl (C=O) groups is 7. The van der Waals surface area contributed by atoms with Gasteiger partial charge in [-0.05, 0) is 19.8 Å². The maximum absolute atomic E-state index is 13.3. The first-order chi connectivity index (χ1) is 16.2. The van der Waals surface area contributed by atoms with Gasteiger partial charge < -0.3 is 10.1 Å². The second kappa shape index (κ2) is 10.7. The summed E-state index contributed by atoms with van der Waals surface area (Å²) in [7, 11) is 0. The van der Waals surface area contributed by atoms with E-state index in [1.807, 2.05) is 0 Å². The van der Waals surface area contributed by atoms with Gasteiger partial charge in [-0.2, -0.15) is 0 Å². The summed E-state index contributed by atoms with van der Waals surface area (Å²) in [6.07, 6.45) is 0.694. The zero-order valence-corrected chi connectivity index (χ0v) is 18.6. The number of carbonyl (C=O) groups excluding carboxylic acids is 7. The van der Waals surface area contributed by atoms with E-state index in [-0.39, 0.29) is 43.7 Å². The molecule has 2 aliphatic heterocycles. The zero-order valence-electron chi connectivity index (χ0n) is 18.6. The predicted octanol–water partition coefficient (Wildman–Crippen LogP) is -0.403. The summed E-state index contributed by atoms with van der Waals surface area (Å²) in [6.45, 7) is 1.26. The van der Waals surface area contributed by atoms with Gasteiger partial charge in [-0.15, -0.1) is 0 Å². The number of hydrogen-bond donors (Lipinski definition) is 2. The average molecular weight is 471 g/mol. The molecule has 34 heavy (non-hydrogen) atoms. The standard InChI is InChI=1S/C22H25N5O7/c1-14(29)12-16(13-28)23-20(32)17-8-5-10-26-18(30)9-11-25(22(34)27(17)26)24-21(33)19(31)15-6-3-2-4-7-15/h2-4,6-7,13,16-17H,5,8-12H2,1H3,(H,23,32)(H,24,33). The van der Waals surface area contributed by atoms with Gasteiger partial charge >= 0.3 is 11.9 Å². The molecule has 2 heterocycles. The predicted molar refractivity (Wildman–Crippen MR) is 116 cm³/mol. The molecule has 1 aromatic rings. The fourth-order valence-corrected chi connectivity index (χ4v) is 3.83. The molecule has 0 saturated carbocycles. The lowest BCUT2D eigenvalue weighted by Crippen LogP contribution is -2.65. The number of amides is 5. The Morgan fingerprint density at radius 3 is 2.47 bits per heavy atom. The molecule has 0 aliphatic carbocycles. The molecule has 2 aliphatic rings. The summed E-state index contributed by atoms with van der Waals surface area (Å²) in [4.78, 5) is 86.4. The van der Waals surface area contributed by atoms with Gasteiger partial charge in [0, 0.05) is 24.9 Å². The van der Waals surface area contributed by atoms with Crippen LogP contribution in [0.15, 0.2) is 30.3 Å². The number of benzene rings is 1. The molecule has 1 aromatic carbocycles. The third kappa shape index (κ3) is 5.45. The van der Waals surface area contributed by atoms with Crippen molar-refractivity contribution in [3.63, 3.8) is 0 Å². The molecule has 2 unspecified atom stereocenters.